The fourth-order valence-electron chi connectivity index (χ4n) is 1.39. The molecule has 2 rings (SSSR count). The minimum absolute atomic E-state index is 0.294. The number of nitrogens with zero attached hydrogens (tertiary/aromatic N) is 1. The van der Waals surface area contributed by atoms with Gasteiger partial charge in [0, 0.05) is 19.6 Å². The molecule has 6 heteroatoms. The largest absolute Gasteiger partial charge is 0.279 e. The maximum absolute atomic E-state index is 12.8. The molecule has 0 radical (unpaired) electrons. The maximum atomic E-state index is 12.8. The van der Waals surface area contributed by atoms with E-state index in [2.05, 4.69) is 4.72 Å². The van der Waals surface area contributed by atoms with Crippen molar-refractivity contribution in [2.75, 3.05) is 19.6 Å². The first-order chi connectivity index (χ1) is 7.58. The minimum atomic E-state index is -3.28. The van der Waals surface area contributed by atoms with Gasteiger partial charge in [0.25, 0.3) is 10.2 Å². The van der Waals surface area contributed by atoms with Crippen molar-refractivity contribution in [3.05, 3.63) is 35.6 Å². The molecule has 0 amide bonds. The molecule has 1 saturated heterocycles. The fourth-order valence-corrected chi connectivity index (χ4v) is 2.49. The third kappa shape index (κ3) is 3.01. The second-order valence-electron chi connectivity index (χ2n) is 3.68. The van der Waals surface area contributed by atoms with Crippen LogP contribution in [0.25, 0.3) is 0 Å². The number of benzene rings is 1. The summed E-state index contributed by atoms with van der Waals surface area (Å²) in [4.78, 5) is 0. The molecule has 4 nitrogen and oxygen atoms in total. The van der Waals surface area contributed by atoms with E-state index in [0.29, 0.717) is 26.1 Å². The molecule has 0 saturated carbocycles. The van der Waals surface area contributed by atoms with Crippen molar-refractivity contribution in [1.29, 1.82) is 0 Å². The van der Waals surface area contributed by atoms with Gasteiger partial charge < -0.3 is 0 Å². The van der Waals surface area contributed by atoms with E-state index in [1.807, 2.05) is 0 Å². The van der Waals surface area contributed by atoms with Gasteiger partial charge in [-0.3, -0.25) is 0 Å². The Bertz CT molecular complexity index is 471. The fraction of sp³-hybridized carbons (Fsp3) is 0.400. The van der Waals surface area contributed by atoms with Gasteiger partial charge >= 0.3 is 0 Å². The molecule has 0 spiro atoms. The standard InChI is InChI=1S/C10H13FN2O2S/c11-10-3-1-2-9(8-10)4-5-12-16(14,15)13-6-7-13/h1-3,8,12H,4-7H2. The van der Waals surface area contributed by atoms with Crippen LogP contribution in [0.4, 0.5) is 4.39 Å². The molecule has 1 aliphatic heterocycles. The lowest BCUT2D eigenvalue weighted by molar-refractivity contribution is 0.547. The topological polar surface area (TPSA) is 49.2 Å². The first-order valence-electron chi connectivity index (χ1n) is 5.07. The summed E-state index contributed by atoms with van der Waals surface area (Å²) in [5.74, 6) is -0.300. The van der Waals surface area contributed by atoms with Gasteiger partial charge in [0.2, 0.25) is 0 Å². The molecule has 88 valence electrons. The number of rotatable bonds is 5. The molecule has 1 N–H and O–H groups in total. The number of hydrogen-bond acceptors (Lipinski definition) is 2. The molecule has 16 heavy (non-hydrogen) atoms. The summed E-state index contributed by atoms with van der Waals surface area (Å²) in [7, 11) is -3.28. The van der Waals surface area contributed by atoms with Crippen LogP contribution in [0.3, 0.4) is 0 Å². The third-order valence-electron chi connectivity index (χ3n) is 2.33. The predicted molar refractivity (Wildman–Crippen MR) is 58.6 cm³/mol. The Morgan fingerprint density at radius 2 is 2.12 bits per heavy atom. The Kier molecular flexibility index (Phi) is 3.22. The average molecular weight is 244 g/mol. The summed E-state index contributed by atoms with van der Waals surface area (Å²) in [6.45, 7) is 1.48. The second-order valence-corrected chi connectivity index (χ2v) is 5.43. The summed E-state index contributed by atoms with van der Waals surface area (Å²) in [6.07, 6.45) is 0.491. The van der Waals surface area contributed by atoms with Crippen LogP contribution in [0.5, 0.6) is 0 Å². The Balaban J connectivity index is 1.84. The highest BCUT2D eigenvalue weighted by molar-refractivity contribution is 7.87. The number of halogens is 1. The van der Waals surface area contributed by atoms with Crippen LogP contribution in [0, 0.1) is 5.82 Å². The molecule has 1 aliphatic rings. The van der Waals surface area contributed by atoms with Gasteiger partial charge in [0.15, 0.2) is 0 Å². The highest BCUT2D eigenvalue weighted by atomic mass is 32.2. The van der Waals surface area contributed by atoms with Gasteiger partial charge in [-0.2, -0.15) is 12.7 Å². The monoisotopic (exact) mass is 244 g/mol. The van der Waals surface area contributed by atoms with Crippen LogP contribution in [-0.4, -0.2) is 32.4 Å². The van der Waals surface area contributed by atoms with Gasteiger partial charge in [-0.15, -0.1) is 0 Å². The van der Waals surface area contributed by atoms with Crippen LogP contribution >= 0.6 is 0 Å². The molecule has 1 heterocycles. The minimum Gasteiger partial charge on any atom is -0.207 e. The Hall–Kier alpha value is -0.980. The smallest absolute Gasteiger partial charge is 0.207 e. The molecule has 0 unspecified atom stereocenters. The lowest BCUT2D eigenvalue weighted by Crippen LogP contribution is -2.31. The summed E-state index contributed by atoms with van der Waals surface area (Å²) >= 11 is 0. The van der Waals surface area contributed by atoms with Crippen LogP contribution in [0.1, 0.15) is 5.56 Å². The highest BCUT2D eigenvalue weighted by Gasteiger charge is 2.30. The predicted octanol–water partition coefficient (Wildman–Crippen LogP) is 0.518. The molecular weight excluding hydrogens is 231 g/mol. The van der Waals surface area contributed by atoms with Crippen molar-refractivity contribution < 1.29 is 12.8 Å². The van der Waals surface area contributed by atoms with Crippen molar-refractivity contribution in [1.82, 2.24) is 9.03 Å². The zero-order valence-corrected chi connectivity index (χ0v) is 9.50. The van der Waals surface area contributed by atoms with Gasteiger partial charge in [-0.05, 0) is 24.1 Å². The zero-order chi connectivity index (χ0) is 11.6. The summed E-state index contributed by atoms with van der Waals surface area (Å²) in [5, 5.41) is 0. The van der Waals surface area contributed by atoms with Gasteiger partial charge in [0.1, 0.15) is 5.82 Å². The molecule has 0 atom stereocenters. The SMILES string of the molecule is O=S(=O)(NCCc1cccc(F)c1)N1CC1. The molecular formula is C10H13FN2O2S. The molecule has 1 fully saturated rings. The van der Waals surface area contributed by atoms with E-state index in [4.69, 9.17) is 0 Å². The number of nitrogens with one attached hydrogen (secondary N) is 1. The Morgan fingerprint density at radius 1 is 1.38 bits per heavy atom. The van der Waals surface area contributed by atoms with Crippen molar-refractivity contribution in [2.45, 2.75) is 6.42 Å². The Labute approximate surface area is 94.3 Å². The van der Waals surface area contributed by atoms with Crippen LogP contribution in [-0.2, 0) is 16.6 Å². The van der Waals surface area contributed by atoms with Gasteiger partial charge in [-0.1, -0.05) is 12.1 Å². The van der Waals surface area contributed by atoms with Gasteiger partial charge in [0.05, 0.1) is 0 Å². The van der Waals surface area contributed by atoms with E-state index < -0.39 is 10.2 Å². The molecule has 0 aliphatic carbocycles. The van der Waals surface area contributed by atoms with Crippen LogP contribution in [0.15, 0.2) is 24.3 Å². The lowest BCUT2D eigenvalue weighted by atomic mass is 10.1. The summed E-state index contributed by atoms with van der Waals surface area (Å²) in [5.41, 5.74) is 0.786. The van der Waals surface area contributed by atoms with Crippen molar-refractivity contribution in [3.8, 4) is 0 Å². The van der Waals surface area contributed by atoms with E-state index in [1.165, 1.54) is 16.4 Å². The van der Waals surface area contributed by atoms with E-state index in [1.54, 1.807) is 12.1 Å². The molecule has 1 aromatic carbocycles. The maximum Gasteiger partial charge on any atom is 0.279 e. The Morgan fingerprint density at radius 3 is 2.75 bits per heavy atom. The van der Waals surface area contributed by atoms with Crippen molar-refractivity contribution >= 4 is 10.2 Å². The highest BCUT2D eigenvalue weighted by Crippen LogP contribution is 2.09. The quantitative estimate of drug-likeness (QED) is 0.768. The van der Waals surface area contributed by atoms with Crippen LogP contribution < -0.4 is 4.72 Å². The summed E-state index contributed by atoms with van der Waals surface area (Å²) < 4.78 is 39.4. The van der Waals surface area contributed by atoms with Crippen molar-refractivity contribution in [2.24, 2.45) is 0 Å². The average Bonchev–Trinajstić information content (AvgIpc) is 3.00. The van der Waals surface area contributed by atoms with E-state index in [0.717, 1.165) is 5.56 Å². The first-order valence-corrected chi connectivity index (χ1v) is 6.51. The first kappa shape index (κ1) is 11.5. The molecule has 0 bridgehead atoms. The van der Waals surface area contributed by atoms with Gasteiger partial charge in [-0.25, -0.2) is 9.11 Å². The van der Waals surface area contributed by atoms with E-state index in [9.17, 15) is 12.8 Å². The van der Waals surface area contributed by atoms with Crippen LogP contribution in [0.2, 0.25) is 0 Å². The third-order valence-corrected chi connectivity index (χ3v) is 3.95. The lowest BCUT2D eigenvalue weighted by Gasteiger charge is -2.06. The normalized spacial score (nSPS) is 16.3. The number of hydrogen-bond donors (Lipinski definition) is 1. The zero-order valence-electron chi connectivity index (χ0n) is 8.69. The van der Waals surface area contributed by atoms with E-state index >= 15 is 0 Å². The summed E-state index contributed by atoms with van der Waals surface area (Å²) in [6, 6.07) is 6.16. The molecule has 0 aromatic heterocycles. The van der Waals surface area contributed by atoms with E-state index in [-0.39, 0.29) is 5.82 Å². The molecule has 1 aromatic rings. The second kappa shape index (κ2) is 4.48. The van der Waals surface area contributed by atoms with Crippen molar-refractivity contribution in [3.63, 3.8) is 0 Å².